The van der Waals surface area contributed by atoms with E-state index in [9.17, 15) is 4.79 Å². The number of ketones is 1. The SMILES string of the molecule is CN1CCN(C)C(CC(=O)C2CCOC3(CCCC3)C2)C1. The zero-order chi connectivity index (χ0) is 14.9. The van der Waals surface area contributed by atoms with E-state index in [1.807, 2.05) is 0 Å². The molecule has 2 atom stereocenters. The molecule has 2 unspecified atom stereocenters. The molecule has 0 radical (unpaired) electrons. The second kappa shape index (κ2) is 6.35. The van der Waals surface area contributed by atoms with Gasteiger partial charge < -0.3 is 14.5 Å². The van der Waals surface area contributed by atoms with E-state index in [0.29, 0.717) is 11.8 Å². The first kappa shape index (κ1) is 15.4. The number of ether oxygens (including phenoxy) is 1. The van der Waals surface area contributed by atoms with Gasteiger partial charge in [0.15, 0.2) is 0 Å². The molecule has 2 aliphatic heterocycles. The van der Waals surface area contributed by atoms with E-state index in [-0.39, 0.29) is 11.5 Å². The minimum atomic E-state index is 0.0633. The van der Waals surface area contributed by atoms with Gasteiger partial charge in [-0.1, -0.05) is 12.8 Å². The molecular weight excluding hydrogens is 264 g/mol. The third kappa shape index (κ3) is 3.49. The molecule has 0 N–H and O–H groups in total. The highest BCUT2D eigenvalue weighted by atomic mass is 16.5. The van der Waals surface area contributed by atoms with Crippen molar-refractivity contribution in [1.82, 2.24) is 9.80 Å². The van der Waals surface area contributed by atoms with Crippen molar-refractivity contribution in [2.75, 3.05) is 40.3 Å². The van der Waals surface area contributed by atoms with Crippen LogP contribution in [-0.4, -0.2) is 67.6 Å². The van der Waals surface area contributed by atoms with Crippen molar-refractivity contribution < 1.29 is 9.53 Å². The van der Waals surface area contributed by atoms with Crippen molar-refractivity contribution in [2.24, 2.45) is 5.92 Å². The van der Waals surface area contributed by atoms with E-state index >= 15 is 0 Å². The van der Waals surface area contributed by atoms with E-state index < -0.39 is 0 Å². The summed E-state index contributed by atoms with van der Waals surface area (Å²) in [6.07, 6.45) is 7.53. The van der Waals surface area contributed by atoms with Crippen LogP contribution in [0.5, 0.6) is 0 Å². The van der Waals surface area contributed by atoms with Gasteiger partial charge in [0.2, 0.25) is 0 Å². The lowest BCUT2D eigenvalue weighted by Gasteiger charge is -2.40. The summed E-state index contributed by atoms with van der Waals surface area (Å²) in [4.78, 5) is 17.5. The Morgan fingerprint density at radius 2 is 2.00 bits per heavy atom. The van der Waals surface area contributed by atoms with Crippen LogP contribution in [0, 0.1) is 5.92 Å². The lowest BCUT2D eigenvalue weighted by Crippen LogP contribution is -2.51. The number of rotatable bonds is 3. The van der Waals surface area contributed by atoms with Crippen LogP contribution in [0.4, 0.5) is 0 Å². The van der Waals surface area contributed by atoms with Crippen molar-refractivity contribution in [2.45, 2.75) is 56.6 Å². The molecule has 0 bridgehead atoms. The largest absolute Gasteiger partial charge is 0.375 e. The Morgan fingerprint density at radius 1 is 1.24 bits per heavy atom. The average Bonchev–Trinajstić information content (AvgIpc) is 2.91. The third-order valence-corrected chi connectivity index (χ3v) is 5.88. The van der Waals surface area contributed by atoms with Gasteiger partial charge in [0.1, 0.15) is 5.78 Å². The first-order chi connectivity index (χ1) is 10.1. The molecule has 3 rings (SSSR count). The van der Waals surface area contributed by atoms with Crippen molar-refractivity contribution in [3.63, 3.8) is 0 Å². The molecule has 1 saturated carbocycles. The lowest BCUT2D eigenvalue weighted by molar-refractivity contribution is -0.137. The van der Waals surface area contributed by atoms with Gasteiger partial charge in [0, 0.05) is 44.6 Å². The zero-order valence-electron chi connectivity index (χ0n) is 13.6. The molecule has 120 valence electrons. The molecule has 0 aromatic heterocycles. The summed E-state index contributed by atoms with van der Waals surface area (Å²) in [6, 6.07) is 0.402. The van der Waals surface area contributed by atoms with Gasteiger partial charge in [-0.05, 0) is 39.8 Å². The van der Waals surface area contributed by atoms with Crippen molar-refractivity contribution >= 4 is 5.78 Å². The zero-order valence-corrected chi connectivity index (χ0v) is 13.6. The van der Waals surface area contributed by atoms with Gasteiger partial charge in [-0.2, -0.15) is 0 Å². The number of piperazine rings is 1. The number of Topliss-reactive ketones (excluding diaryl/α,β-unsaturated/α-hetero) is 1. The predicted molar refractivity (Wildman–Crippen MR) is 83.4 cm³/mol. The van der Waals surface area contributed by atoms with Gasteiger partial charge in [0.05, 0.1) is 5.60 Å². The summed E-state index contributed by atoms with van der Waals surface area (Å²) in [7, 11) is 4.32. The molecule has 2 saturated heterocycles. The van der Waals surface area contributed by atoms with E-state index in [2.05, 4.69) is 23.9 Å². The number of nitrogens with zero attached hydrogens (tertiary/aromatic N) is 2. The monoisotopic (exact) mass is 294 g/mol. The summed E-state index contributed by atoms with van der Waals surface area (Å²) in [5, 5.41) is 0. The third-order valence-electron chi connectivity index (χ3n) is 5.88. The highest BCUT2D eigenvalue weighted by Crippen LogP contribution is 2.42. The fourth-order valence-electron chi connectivity index (χ4n) is 4.39. The molecular formula is C17H30N2O2. The predicted octanol–water partition coefficient (Wildman–Crippen LogP) is 1.93. The van der Waals surface area contributed by atoms with Crippen LogP contribution in [0.3, 0.4) is 0 Å². The number of likely N-dealkylation sites (N-methyl/N-ethyl adjacent to an activating group) is 2. The van der Waals surface area contributed by atoms with Gasteiger partial charge in [-0.15, -0.1) is 0 Å². The number of hydrogen-bond donors (Lipinski definition) is 0. The van der Waals surface area contributed by atoms with Crippen LogP contribution < -0.4 is 0 Å². The highest BCUT2D eigenvalue weighted by molar-refractivity contribution is 5.81. The van der Waals surface area contributed by atoms with Gasteiger partial charge in [-0.3, -0.25) is 4.79 Å². The van der Waals surface area contributed by atoms with Gasteiger partial charge in [0.25, 0.3) is 0 Å². The van der Waals surface area contributed by atoms with Crippen molar-refractivity contribution in [1.29, 1.82) is 0 Å². The van der Waals surface area contributed by atoms with Crippen LogP contribution in [0.1, 0.15) is 44.9 Å². The maximum Gasteiger partial charge on any atom is 0.137 e. The van der Waals surface area contributed by atoms with Crippen molar-refractivity contribution in [3.8, 4) is 0 Å². The Kier molecular flexibility index (Phi) is 4.67. The summed E-state index contributed by atoms with van der Waals surface area (Å²) in [6.45, 7) is 4.00. The fourth-order valence-corrected chi connectivity index (χ4v) is 4.39. The van der Waals surface area contributed by atoms with Crippen LogP contribution in [-0.2, 0) is 9.53 Å². The number of carbonyl (C=O) groups excluding carboxylic acids is 1. The Balaban J connectivity index is 1.57. The quantitative estimate of drug-likeness (QED) is 0.796. The molecule has 0 aromatic carbocycles. The second-order valence-corrected chi connectivity index (χ2v) is 7.50. The smallest absolute Gasteiger partial charge is 0.137 e. The molecule has 0 aromatic rings. The Bertz CT molecular complexity index is 379. The molecule has 4 nitrogen and oxygen atoms in total. The first-order valence-corrected chi connectivity index (χ1v) is 8.63. The minimum absolute atomic E-state index is 0.0633. The molecule has 1 aliphatic carbocycles. The van der Waals surface area contributed by atoms with Crippen LogP contribution in [0.2, 0.25) is 0 Å². The Hall–Kier alpha value is -0.450. The fraction of sp³-hybridized carbons (Fsp3) is 0.941. The normalized spacial score (nSPS) is 34.4. The van der Waals surface area contributed by atoms with E-state index in [4.69, 9.17) is 4.74 Å². The first-order valence-electron chi connectivity index (χ1n) is 8.63. The summed E-state index contributed by atoms with van der Waals surface area (Å²) in [5.41, 5.74) is 0.0633. The van der Waals surface area contributed by atoms with E-state index in [1.54, 1.807) is 0 Å². The lowest BCUT2D eigenvalue weighted by atomic mass is 9.81. The second-order valence-electron chi connectivity index (χ2n) is 7.50. The Labute approximate surface area is 128 Å². The summed E-state index contributed by atoms with van der Waals surface area (Å²) < 4.78 is 6.06. The topological polar surface area (TPSA) is 32.8 Å². The molecule has 4 heteroatoms. The average molecular weight is 294 g/mol. The van der Waals surface area contributed by atoms with E-state index in [1.165, 1.54) is 25.7 Å². The molecule has 2 heterocycles. The van der Waals surface area contributed by atoms with E-state index in [0.717, 1.165) is 45.5 Å². The van der Waals surface area contributed by atoms with Crippen LogP contribution in [0.15, 0.2) is 0 Å². The molecule has 1 spiro atoms. The van der Waals surface area contributed by atoms with Crippen molar-refractivity contribution in [3.05, 3.63) is 0 Å². The standard InChI is InChI=1S/C17H30N2O2/c1-18-8-9-19(2)15(13-18)11-16(20)14-5-10-21-17(12-14)6-3-4-7-17/h14-15H,3-13H2,1-2H3. The molecule has 21 heavy (non-hydrogen) atoms. The van der Waals surface area contributed by atoms with Gasteiger partial charge in [-0.25, -0.2) is 0 Å². The minimum Gasteiger partial charge on any atom is -0.375 e. The molecule has 3 fully saturated rings. The summed E-state index contributed by atoms with van der Waals surface area (Å²) >= 11 is 0. The number of hydrogen-bond acceptors (Lipinski definition) is 4. The molecule has 0 amide bonds. The van der Waals surface area contributed by atoms with Crippen LogP contribution in [0.25, 0.3) is 0 Å². The maximum absolute atomic E-state index is 12.8. The van der Waals surface area contributed by atoms with Crippen LogP contribution >= 0.6 is 0 Å². The summed E-state index contributed by atoms with van der Waals surface area (Å²) in [5.74, 6) is 0.731. The number of carbonyl (C=O) groups is 1. The Morgan fingerprint density at radius 3 is 2.76 bits per heavy atom. The maximum atomic E-state index is 12.8. The molecule has 3 aliphatic rings. The highest BCUT2D eigenvalue weighted by Gasteiger charge is 2.42. The van der Waals surface area contributed by atoms with Gasteiger partial charge >= 0.3 is 0 Å².